The van der Waals surface area contributed by atoms with Crippen molar-refractivity contribution in [3.63, 3.8) is 0 Å². The molecule has 4 aliphatic carbocycles. The molecular formula is C27H44O. The summed E-state index contributed by atoms with van der Waals surface area (Å²) < 4.78 is 0. The molecule has 28 heavy (non-hydrogen) atoms. The number of fused-ring (bicyclic) bond motifs is 5. The summed E-state index contributed by atoms with van der Waals surface area (Å²) in [6, 6.07) is 0. The van der Waals surface area contributed by atoms with Gasteiger partial charge in [0.15, 0.2) is 5.78 Å². The van der Waals surface area contributed by atoms with Crippen LogP contribution in [0.15, 0.2) is 12.2 Å². The first-order valence-corrected chi connectivity index (χ1v) is 12.5. The van der Waals surface area contributed by atoms with Crippen LogP contribution in [0.1, 0.15) is 98.8 Å². The van der Waals surface area contributed by atoms with E-state index in [0.29, 0.717) is 22.5 Å². The van der Waals surface area contributed by atoms with E-state index in [9.17, 15) is 4.79 Å². The molecule has 0 aromatic rings. The molecule has 1 nitrogen and oxygen atoms in total. The molecule has 0 aromatic carbocycles. The van der Waals surface area contributed by atoms with Crippen molar-refractivity contribution in [2.24, 2.45) is 52.3 Å². The average Bonchev–Trinajstić information content (AvgIpc) is 2.99. The van der Waals surface area contributed by atoms with Crippen molar-refractivity contribution in [2.75, 3.05) is 0 Å². The summed E-state index contributed by atoms with van der Waals surface area (Å²) >= 11 is 0. The molecule has 0 unspecified atom stereocenters. The minimum atomic E-state index is 0.291. The minimum Gasteiger partial charge on any atom is -0.295 e. The molecule has 8 atom stereocenters. The van der Waals surface area contributed by atoms with E-state index in [1.807, 2.05) is 6.08 Å². The van der Waals surface area contributed by atoms with Crippen LogP contribution < -0.4 is 0 Å². The van der Waals surface area contributed by atoms with Crippen LogP contribution >= 0.6 is 0 Å². The number of rotatable bonds is 5. The smallest absolute Gasteiger partial charge is 0.155 e. The Bertz CT molecular complexity index is 618. The second-order valence-electron chi connectivity index (χ2n) is 12.1. The van der Waals surface area contributed by atoms with Crippen LogP contribution in [0.4, 0.5) is 0 Å². The highest BCUT2D eigenvalue weighted by molar-refractivity contribution is 5.91. The summed E-state index contributed by atoms with van der Waals surface area (Å²) in [4.78, 5) is 12.0. The Balaban J connectivity index is 1.49. The van der Waals surface area contributed by atoms with Gasteiger partial charge in [0.05, 0.1) is 0 Å². The first-order valence-electron chi connectivity index (χ1n) is 12.5. The number of carbonyl (C=O) groups excluding carboxylic acids is 1. The largest absolute Gasteiger partial charge is 0.295 e. The summed E-state index contributed by atoms with van der Waals surface area (Å²) in [6.45, 7) is 12.5. The number of allylic oxidation sites excluding steroid dienone is 2. The average molecular weight is 385 g/mol. The van der Waals surface area contributed by atoms with E-state index in [-0.39, 0.29) is 0 Å². The lowest BCUT2D eigenvalue weighted by molar-refractivity contribution is -0.122. The summed E-state index contributed by atoms with van der Waals surface area (Å²) in [6.07, 6.45) is 17.8. The fraction of sp³-hybridized carbons (Fsp3) is 0.889. The van der Waals surface area contributed by atoms with Gasteiger partial charge in [0, 0.05) is 6.42 Å². The van der Waals surface area contributed by atoms with E-state index in [2.05, 4.69) is 40.7 Å². The first kappa shape index (κ1) is 20.7. The van der Waals surface area contributed by atoms with Crippen LogP contribution in [-0.4, -0.2) is 5.78 Å². The van der Waals surface area contributed by atoms with Gasteiger partial charge in [-0.05, 0) is 96.9 Å². The number of carbonyl (C=O) groups is 1. The molecule has 0 heterocycles. The lowest BCUT2D eigenvalue weighted by Crippen LogP contribution is -2.52. The zero-order valence-electron chi connectivity index (χ0n) is 19.2. The van der Waals surface area contributed by atoms with E-state index in [4.69, 9.17) is 0 Å². The zero-order valence-corrected chi connectivity index (χ0v) is 19.2. The van der Waals surface area contributed by atoms with Crippen LogP contribution in [0.3, 0.4) is 0 Å². The Morgan fingerprint density at radius 3 is 2.54 bits per heavy atom. The van der Waals surface area contributed by atoms with Crippen molar-refractivity contribution in [1.29, 1.82) is 0 Å². The molecular weight excluding hydrogens is 340 g/mol. The monoisotopic (exact) mass is 384 g/mol. The van der Waals surface area contributed by atoms with Gasteiger partial charge in [-0.3, -0.25) is 4.79 Å². The van der Waals surface area contributed by atoms with Gasteiger partial charge >= 0.3 is 0 Å². The third kappa shape index (κ3) is 3.33. The Morgan fingerprint density at radius 1 is 1.00 bits per heavy atom. The van der Waals surface area contributed by atoms with Crippen LogP contribution in [0.5, 0.6) is 0 Å². The normalized spacial score (nSPS) is 46.2. The fourth-order valence-electron chi connectivity index (χ4n) is 8.66. The molecule has 3 saturated carbocycles. The van der Waals surface area contributed by atoms with E-state index in [1.54, 1.807) is 0 Å². The van der Waals surface area contributed by atoms with Gasteiger partial charge in [-0.1, -0.05) is 60.0 Å². The van der Waals surface area contributed by atoms with Gasteiger partial charge in [0.2, 0.25) is 0 Å². The van der Waals surface area contributed by atoms with Gasteiger partial charge in [0.1, 0.15) is 0 Å². The third-order valence-corrected chi connectivity index (χ3v) is 10.2. The highest BCUT2D eigenvalue weighted by Gasteiger charge is 2.59. The fourth-order valence-corrected chi connectivity index (χ4v) is 8.66. The van der Waals surface area contributed by atoms with Crippen molar-refractivity contribution in [1.82, 2.24) is 0 Å². The van der Waals surface area contributed by atoms with E-state index in [0.717, 1.165) is 41.9 Å². The highest BCUT2D eigenvalue weighted by atomic mass is 16.1. The van der Waals surface area contributed by atoms with Crippen molar-refractivity contribution >= 4 is 5.78 Å². The van der Waals surface area contributed by atoms with Crippen LogP contribution in [-0.2, 0) is 4.79 Å². The van der Waals surface area contributed by atoms with Gasteiger partial charge < -0.3 is 0 Å². The maximum Gasteiger partial charge on any atom is 0.155 e. The molecule has 0 N–H and O–H groups in total. The summed E-state index contributed by atoms with van der Waals surface area (Å²) in [5.41, 5.74) is 0.870. The van der Waals surface area contributed by atoms with E-state index < -0.39 is 0 Å². The van der Waals surface area contributed by atoms with Crippen molar-refractivity contribution in [2.45, 2.75) is 98.8 Å². The Morgan fingerprint density at radius 2 is 1.79 bits per heavy atom. The molecule has 4 rings (SSSR count). The zero-order chi connectivity index (χ0) is 20.1. The molecule has 0 saturated heterocycles. The number of hydrogen-bond donors (Lipinski definition) is 0. The van der Waals surface area contributed by atoms with Crippen molar-refractivity contribution < 1.29 is 4.79 Å². The Hall–Kier alpha value is -0.590. The predicted molar refractivity (Wildman–Crippen MR) is 118 cm³/mol. The van der Waals surface area contributed by atoms with E-state index in [1.165, 1.54) is 57.8 Å². The molecule has 0 aliphatic heterocycles. The molecule has 158 valence electrons. The summed E-state index contributed by atoms with van der Waals surface area (Å²) in [5.74, 6) is 6.34. The van der Waals surface area contributed by atoms with Gasteiger partial charge in [-0.2, -0.15) is 0 Å². The SMILES string of the molecule is CC(C)CCC[C@H](C)[C@H]1CC[C@H]2[C@@H]3CC[C@H]4CC(=O)C=C[C@]4(C)[C@H]3CC[C@]12C. The summed E-state index contributed by atoms with van der Waals surface area (Å²) in [7, 11) is 0. The van der Waals surface area contributed by atoms with Crippen molar-refractivity contribution in [3.8, 4) is 0 Å². The van der Waals surface area contributed by atoms with Gasteiger partial charge in [0.25, 0.3) is 0 Å². The quantitative estimate of drug-likeness (QED) is 0.481. The van der Waals surface area contributed by atoms with Gasteiger partial charge in [-0.25, -0.2) is 0 Å². The lowest BCUT2D eigenvalue weighted by Gasteiger charge is -2.59. The third-order valence-electron chi connectivity index (χ3n) is 10.2. The molecule has 0 amide bonds. The van der Waals surface area contributed by atoms with Crippen LogP contribution in [0.2, 0.25) is 0 Å². The molecule has 0 spiro atoms. The summed E-state index contributed by atoms with van der Waals surface area (Å²) in [5, 5.41) is 0. The number of ketones is 1. The molecule has 0 bridgehead atoms. The van der Waals surface area contributed by atoms with Crippen molar-refractivity contribution in [3.05, 3.63) is 12.2 Å². The highest BCUT2D eigenvalue weighted by Crippen LogP contribution is 2.67. The van der Waals surface area contributed by atoms with Gasteiger partial charge in [-0.15, -0.1) is 0 Å². The van der Waals surface area contributed by atoms with Crippen LogP contribution in [0, 0.1) is 52.3 Å². The number of hydrogen-bond acceptors (Lipinski definition) is 1. The van der Waals surface area contributed by atoms with E-state index >= 15 is 0 Å². The second-order valence-corrected chi connectivity index (χ2v) is 12.1. The standard InChI is InChI=1S/C27H44O/c1-18(2)7-6-8-19(3)23-11-12-24-22-10-9-20-17-21(28)13-15-26(20,4)25(22)14-16-27(23,24)5/h13,15,18-20,22-25H,6-12,14,16-17H2,1-5H3/t19-,20-,22-,23+,24-,25-,26-,27+/m0/s1. The molecule has 0 radical (unpaired) electrons. The van der Waals surface area contributed by atoms with Crippen LogP contribution in [0.25, 0.3) is 0 Å². The maximum atomic E-state index is 12.0. The topological polar surface area (TPSA) is 17.1 Å². The predicted octanol–water partition coefficient (Wildman–Crippen LogP) is 7.45. The first-order chi connectivity index (χ1) is 13.3. The molecule has 0 aromatic heterocycles. The lowest BCUT2D eigenvalue weighted by atomic mass is 9.45. The second kappa shape index (κ2) is 7.59. The molecule has 3 fully saturated rings. The minimum absolute atomic E-state index is 0.291. The Kier molecular flexibility index (Phi) is 5.60. The molecule has 1 heteroatoms. The Labute approximate surface area is 174 Å². The maximum absolute atomic E-state index is 12.0. The molecule has 4 aliphatic rings.